The Morgan fingerprint density at radius 2 is 1.61 bits per heavy atom. The Morgan fingerprint density at radius 3 is 2.22 bits per heavy atom. The zero-order chi connectivity index (χ0) is 29.6. The lowest BCUT2D eigenvalue weighted by Crippen LogP contribution is -2.42. The fourth-order valence-corrected chi connectivity index (χ4v) is 5.77. The van der Waals surface area contributed by atoms with Gasteiger partial charge in [-0.25, -0.2) is 8.42 Å². The van der Waals surface area contributed by atoms with E-state index in [1.165, 1.54) is 24.3 Å². The molecule has 4 aromatic rings. The molecule has 1 aromatic heterocycles. The molecule has 0 aliphatic heterocycles. The quantitative estimate of drug-likeness (QED) is 0.240. The van der Waals surface area contributed by atoms with Gasteiger partial charge in [0.2, 0.25) is 10.0 Å². The number of hydrogen-bond acceptors (Lipinski definition) is 6. The zero-order valence-electron chi connectivity index (χ0n) is 23.3. The molecule has 2 N–H and O–H groups in total. The number of nitrogens with zero attached hydrogens (tertiary/aromatic N) is 1. The number of rotatable bonds is 12. The first kappa shape index (κ1) is 29.5. The maximum absolute atomic E-state index is 13.2. The molecular weight excluding hydrogens is 544 g/mol. The number of aliphatic carboxylic acids is 1. The number of carbonyl (C=O) groups is 1. The van der Waals surface area contributed by atoms with Crippen LogP contribution in [0.2, 0.25) is 0 Å². The van der Waals surface area contributed by atoms with E-state index in [9.17, 15) is 18.3 Å². The van der Waals surface area contributed by atoms with Crippen molar-refractivity contribution >= 4 is 26.9 Å². The second kappa shape index (κ2) is 12.8. The number of carboxylic acids is 1. The molecule has 0 amide bonds. The molecule has 1 atom stereocenters. The molecule has 9 nitrogen and oxygen atoms in total. The molecule has 10 heteroatoms. The van der Waals surface area contributed by atoms with Crippen molar-refractivity contribution in [3.8, 4) is 29.1 Å². The van der Waals surface area contributed by atoms with Crippen molar-refractivity contribution in [2.24, 2.45) is 0 Å². The second-order valence-electron chi connectivity index (χ2n) is 9.28. The van der Waals surface area contributed by atoms with Crippen LogP contribution in [0, 0.1) is 18.8 Å². The van der Waals surface area contributed by atoms with E-state index in [-0.39, 0.29) is 17.9 Å². The number of sulfonamides is 1. The third-order valence-electron chi connectivity index (χ3n) is 6.79. The van der Waals surface area contributed by atoms with Crippen LogP contribution in [0.25, 0.3) is 10.9 Å². The summed E-state index contributed by atoms with van der Waals surface area (Å²) in [5.41, 5.74) is 3.44. The fraction of sp³-hybridized carbons (Fsp3) is 0.258. The van der Waals surface area contributed by atoms with Crippen LogP contribution < -0.4 is 18.9 Å². The van der Waals surface area contributed by atoms with E-state index in [4.69, 9.17) is 14.2 Å². The van der Waals surface area contributed by atoms with Gasteiger partial charge in [0.25, 0.3) is 0 Å². The number of methoxy groups -OCH3 is 2. The SMILES string of the molecule is CC#CCOc1ccc(S(=O)(=O)N[C@@H](Cc2c(C)n(Cc3ccc(OC)cc3)c3ccc(OC)cc23)C(=O)O)cc1. The number of fused-ring (bicyclic) bond motifs is 1. The standard InChI is InChI=1S/C31H32N2O7S/c1-5-6-17-40-24-11-14-26(15-12-24)41(36,37)32-29(31(34)35)19-27-21(2)33(20-22-7-9-23(38-3)10-8-22)30-16-13-25(39-4)18-28(27)30/h7-16,18,29,32H,17,19-20H2,1-4H3,(H,34,35)/t29-/m0/s1. The number of ether oxygens (including phenoxy) is 3. The van der Waals surface area contributed by atoms with Gasteiger partial charge in [0.15, 0.2) is 0 Å². The fourth-order valence-electron chi connectivity index (χ4n) is 4.58. The smallest absolute Gasteiger partial charge is 0.322 e. The van der Waals surface area contributed by atoms with Gasteiger partial charge in [0.1, 0.15) is 29.9 Å². The van der Waals surface area contributed by atoms with Gasteiger partial charge in [0.05, 0.1) is 19.1 Å². The Balaban J connectivity index is 1.65. The maximum atomic E-state index is 13.2. The summed E-state index contributed by atoms with van der Waals surface area (Å²) < 4.78 is 47.0. The third kappa shape index (κ3) is 6.82. The van der Waals surface area contributed by atoms with Crippen molar-refractivity contribution < 1.29 is 32.5 Å². The topological polar surface area (TPSA) is 116 Å². The molecule has 0 bridgehead atoms. The number of benzene rings is 3. The van der Waals surface area contributed by atoms with E-state index < -0.39 is 22.0 Å². The predicted octanol–water partition coefficient (Wildman–Crippen LogP) is 4.39. The lowest BCUT2D eigenvalue weighted by molar-refractivity contribution is -0.138. The Morgan fingerprint density at radius 1 is 0.976 bits per heavy atom. The summed E-state index contributed by atoms with van der Waals surface area (Å²) >= 11 is 0. The lowest BCUT2D eigenvalue weighted by Gasteiger charge is -2.16. The van der Waals surface area contributed by atoms with Crippen LogP contribution in [0.15, 0.2) is 71.6 Å². The Hall–Kier alpha value is -4.46. The highest BCUT2D eigenvalue weighted by Crippen LogP contribution is 2.31. The molecule has 0 radical (unpaired) electrons. The highest BCUT2D eigenvalue weighted by atomic mass is 32.2. The minimum atomic E-state index is -4.15. The van der Waals surface area contributed by atoms with Gasteiger partial charge in [0, 0.05) is 29.6 Å². The van der Waals surface area contributed by atoms with Crippen molar-refractivity contribution in [3.05, 3.63) is 83.6 Å². The van der Waals surface area contributed by atoms with Gasteiger partial charge in [-0.05, 0) is 79.6 Å². The van der Waals surface area contributed by atoms with Crippen LogP contribution in [0.3, 0.4) is 0 Å². The molecule has 3 aromatic carbocycles. The molecule has 0 unspecified atom stereocenters. The number of nitrogens with one attached hydrogen (secondary N) is 1. The molecule has 0 fully saturated rings. The van der Waals surface area contributed by atoms with Gasteiger partial charge in [-0.3, -0.25) is 4.79 Å². The van der Waals surface area contributed by atoms with Gasteiger partial charge >= 0.3 is 5.97 Å². The summed E-state index contributed by atoms with van der Waals surface area (Å²) in [6, 6.07) is 17.6. The van der Waals surface area contributed by atoms with Crippen LogP contribution >= 0.6 is 0 Å². The normalized spacial score (nSPS) is 11.9. The summed E-state index contributed by atoms with van der Waals surface area (Å²) in [4.78, 5) is 12.3. The monoisotopic (exact) mass is 576 g/mol. The van der Waals surface area contributed by atoms with Crippen LogP contribution in [-0.2, 0) is 27.8 Å². The molecule has 0 aliphatic rings. The first-order chi connectivity index (χ1) is 19.7. The number of hydrogen-bond donors (Lipinski definition) is 2. The summed E-state index contributed by atoms with van der Waals surface area (Å²) in [7, 11) is -0.982. The Bertz CT molecular complexity index is 1700. The van der Waals surface area contributed by atoms with Gasteiger partial charge in [-0.15, -0.1) is 5.92 Å². The summed E-state index contributed by atoms with van der Waals surface area (Å²) in [5.74, 6) is 6.01. The van der Waals surface area contributed by atoms with E-state index in [0.29, 0.717) is 23.6 Å². The van der Waals surface area contributed by atoms with Crippen LogP contribution in [0.1, 0.15) is 23.7 Å². The first-order valence-electron chi connectivity index (χ1n) is 12.8. The molecule has 0 saturated carbocycles. The molecule has 4 rings (SSSR count). The van der Waals surface area contributed by atoms with E-state index in [0.717, 1.165) is 27.9 Å². The minimum absolute atomic E-state index is 0.0713. The van der Waals surface area contributed by atoms with Crippen LogP contribution in [-0.4, -0.2) is 50.9 Å². The Kier molecular flexibility index (Phi) is 9.22. The molecule has 0 spiro atoms. The van der Waals surface area contributed by atoms with Gasteiger partial charge in [-0.1, -0.05) is 18.1 Å². The van der Waals surface area contributed by atoms with E-state index in [2.05, 4.69) is 21.1 Å². The lowest BCUT2D eigenvalue weighted by atomic mass is 10.0. The van der Waals surface area contributed by atoms with Crippen molar-refractivity contribution in [2.45, 2.75) is 37.8 Å². The molecule has 0 saturated heterocycles. The number of carboxylic acid groups (broad SMARTS) is 1. The Labute approximate surface area is 239 Å². The van der Waals surface area contributed by atoms with Crippen molar-refractivity contribution in [3.63, 3.8) is 0 Å². The molecular formula is C31H32N2O7S. The first-order valence-corrected chi connectivity index (χ1v) is 14.3. The summed E-state index contributed by atoms with van der Waals surface area (Å²) in [5, 5.41) is 10.9. The number of aromatic nitrogens is 1. The minimum Gasteiger partial charge on any atom is -0.497 e. The van der Waals surface area contributed by atoms with Gasteiger partial charge < -0.3 is 23.9 Å². The molecule has 1 heterocycles. The maximum Gasteiger partial charge on any atom is 0.322 e. The third-order valence-corrected chi connectivity index (χ3v) is 8.27. The van der Waals surface area contributed by atoms with Crippen molar-refractivity contribution in [1.82, 2.24) is 9.29 Å². The van der Waals surface area contributed by atoms with E-state index >= 15 is 0 Å². The average Bonchev–Trinajstić information content (AvgIpc) is 3.22. The molecule has 214 valence electrons. The van der Waals surface area contributed by atoms with Crippen molar-refractivity contribution in [2.75, 3.05) is 20.8 Å². The van der Waals surface area contributed by atoms with E-state index in [1.807, 2.05) is 49.4 Å². The highest BCUT2D eigenvalue weighted by molar-refractivity contribution is 7.89. The highest BCUT2D eigenvalue weighted by Gasteiger charge is 2.28. The molecule has 41 heavy (non-hydrogen) atoms. The summed E-state index contributed by atoms with van der Waals surface area (Å²) in [6.07, 6.45) is -0.0729. The van der Waals surface area contributed by atoms with Crippen LogP contribution in [0.5, 0.6) is 17.2 Å². The zero-order valence-corrected chi connectivity index (χ0v) is 24.1. The summed E-state index contributed by atoms with van der Waals surface area (Å²) in [6.45, 7) is 4.30. The second-order valence-corrected chi connectivity index (χ2v) is 11.0. The average molecular weight is 577 g/mol. The van der Waals surface area contributed by atoms with Crippen LogP contribution in [0.4, 0.5) is 0 Å². The van der Waals surface area contributed by atoms with Gasteiger partial charge in [-0.2, -0.15) is 4.72 Å². The predicted molar refractivity (Wildman–Crippen MR) is 156 cm³/mol. The largest absolute Gasteiger partial charge is 0.497 e. The van der Waals surface area contributed by atoms with Crippen molar-refractivity contribution in [1.29, 1.82) is 0 Å². The molecule has 0 aliphatic carbocycles. The van der Waals surface area contributed by atoms with E-state index in [1.54, 1.807) is 21.1 Å².